The first-order valence-electron chi connectivity index (χ1n) is 19.0. The molecule has 0 atom stereocenters. The Morgan fingerprint density at radius 1 is 0.836 bits per heavy atom. The van der Waals surface area contributed by atoms with Crippen molar-refractivity contribution in [3.63, 3.8) is 0 Å². The summed E-state index contributed by atoms with van der Waals surface area (Å²) in [6.07, 6.45) is 8.59. The van der Waals surface area contributed by atoms with Crippen LogP contribution in [-0.2, 0) is 17.8 Å². The number of halogens is 1. The standard InChI is InChI=1S/C41H45FN8O4S/c42-31-23-36(39(51)46-32-6-8-33(9-7-32)47-40(52)37-25-45-50-12-2-11-43-38(37)50)41(44-24-31)54-34-4-1-3-29(22-34)35-10-5-28(26-49-15-19-55-20-16-49)21-30(35)27-48-13-17-53-18-14-48/h1-5,10-12,21-25,32-33H,6-9,13-20,26-27H2,(H,46,51)(H,47,52)/t32-,33+. The van der Waals surface area contributed by atoms with Crippen LogP contribution in [0, 0.1) is 5.82 Å². The molecule has 12 nitrogen and oxygen atoms in total. The van der Waals surface area contributed by atoms with E-state index in [9.17, 15) is 14.0 Å². The molecule has 1 aliphatic carbocycles. The second kappa shape index (κ2) is 17.3. The molecule has 286 valence electrons. The van der Waals surface area contributed by atoms with E-state index in [1.54, 1.807) is 23.0 Å². The summed E-state index contributed by atoms with van der Waals surface area (Å²) in [5.41, 5.74) is 5.58. The van der Waals surface area contributed by atoms with E-state index in [0.717, 1.165) is 75.9 Å². The number of benzene rings is 2. The average Bonchev–Trinajstić information content (AvgIpc) is 3.65. The van der Waals surface area contributed by atoms with Crippen molar-refractivity contribution in [2.45, 2.75) is 50.9 Å². The Hall–Kier alpha value is -4.89. The molecule has 2 saturated heterocycles. The molecule has 0 bridgehead atoms. The summed E-state index contributed by atoms with van der Waals surface area (Å²) in [6, 6.07) is 17.2. The number of amides is 2. The van der Waals surface area contributed by atoms with Crippen molar-refractivity contribution in [2.24, 2.45) is 0 Å². The largest absolute Gasteiger partial charge is 0.438 e. The number of hydrogen-bond acceptors (Lipinski definition) is 10. The number of aromatic nitrogens is 4. The molecule has 3 aliphatic rings. The Bertz CT molecular complexity index is 2130. The third kappa shape index (κ3) is 9.16. The normalized spacial score (nSPS) is 19.6. The van der Waals surface area contributed by atoms with Gasteiger partial charge in [0.2, 0.25) is 5.88 Å². The highest BCUT2D eigenvalue weighted by Crippen LogP contribution is 2.32. The zero-order valence-electron chi connectivity index (χ0n) is 30.7. The van der Waals surface area contributed by atoms with Crippen LogP contribution in [0.3, 0.4) is 0 Å². The van der Waals surface area contributed by atoms with Crippen molar-refractivity contribution in [1.29, 1.82) is 0 Å². The lowest BCUT2D eigenvalue weighted by Gasteiger charge is -2.29. The average molecular weight is 765 g/mol. The number of nitrogens with zero attached hydrogens (tertiary/aromatic N) is 6. The molecule has 0 radical (unpaired) electrons. The third-order valence-electron chi connectivity index (χ3n) is 10.5. The van der Waals surface area contributed by atoms with Gasteiger partial charge in [0.1, 0.15) is 22.7 Å². The van der Waals surface area contributed by atoms with Gasteiger partial charge in [-0.1, -0.05) is 30.3 Å². The molecule has 55 heavy (non-hydrogen) atoms. The van der Waals surface area contributed by atoms with Gasteiger partial charge < -0.3 is 20.1 Å². The number of ether oxygens (including phenoxy) is 2. The number of carbonyl (C=O) groups excluding carboxylic acids is 2. The SMILES string of the molecule is O=C(N[C@H]1CC[C@@H](NC(=O)c2cnn3cccnc23)CC1)c1cc(F)cnc1Oc1cccc(-c2ccc(CN3CCSCC3)cc2CN2CCOCC2)c1. The summed E-state index contributed by atoms with van der Waals surface area (Å²) in [6.45, 7) is 7.18. The van der Waals surface area contributed by atoms with Crippen LogP contribution in [0.5, 0.6) is 11.6 Å². The van der Waals surface area contributed by atoms with Gasteiger partial charge in [-0.3, -0.25) is 19.4 Å². The summed E-state index contributed by atoms with van der Waals surface area (Å²) < 4.78 is 28.0. The fourth-order valence-corrected chi connectivity index (χ4v) is 8.56. The molecule has 3 aromatic heterocycles. The Labute approximate surface area is 323 Å². The smallest absolute Gasteiger partial charge is 0.257 e. The summed E-state index contributed by atoms with van der Waals surface area (Å²) in [5, 5.41) is 10.3. The molecule has 5 heterocycles. The van der Waals surface area contributed by atoms with Crippen LogP contribution in [-0.4, -0.2) is 104 Å². The Kier molecular flexibility index (Phi) is 11.6. The molecule has 2 amide bonds. The van der Waals surface area contributed by atoms with Crippen molar-refractivity contribution in [3.05, 3.63) is 107 Å². The van der Waals surface area contributed by atoms with Crippen molar-refractivity contribution in [2.75, 3.05) is 50.9 Å². The minimum Gasteiger partial charge on any atom is -0.438 e. The monoisotopic (exact) mass is 764 g/mol. The van der Waals surface area contributed by atoms with Crippen LogP contribution >= 0.6 is 11.8 Å². The molecule has 2 N–H and O–H groups in total. The minimum atomic E-state index is -0.629. The van der Waals surface area contributed by atoms with Gasteiger partial charge >= 0.3 is 0 Å². The number of pyridine rings is 1. The highest BCUT2D eigenvalue weighted by Gasteiger charge is 2.27. The number of hydrogen-bond donors (Lipinski definition) is 2. The minimum absolute atomic E-state index is 0.0230. The number of carbonyl (C=O) groups is 2. The molecule has 1 saturated carbocycles. The summed E-state index contributed by atoms with van der Waals surface area (Å²) in [5.74, 6) is 1.55. The van der Waals surface area contributed by atoms with Crippen molar-refractivity contribution < 1.29 is 23.5 Å². The van der Waals surface area contributed by atoms with E-state index >= 15 is 0 Å². The first-order chi connectivity index (χ1) is 26.9. The predicted molar refractivity (Wildman–Crippen MR) is 209 cm³/mol. The lowest BCUT2D eigenvalue weighted by Crippen LogP contribution is -2.43. The first-order valence-corrected chi connectivity index (χ1v) is 20.2. The van der Waals surface area contributed by atoms with E-state index < -0.39 is 11.7 Å². The zero-order chi connectivity index (χ0) is 37.6. The Balaban J connectivity index is 0.935. The second-order valence-electron chi connectivity index (χ2n) is 14.3. The van der Waals surface area contributed by atoms with Gasteiger partial charge in [-0.2, -0.15) is 16.9 Å². The van der Waals surface area contributed by atoms with E-state index in [4.69, 9.17) is 9.47 Å². The summed E-state index contributed by atoms with van der Waals surface area (Å²) in [4.78, 5) is 40.0. The fourth-order valence-electron chi connectivity index (χ4n) is 7.58. The summed E-state index contributed by atoms with van der Waals surface area (Å²) >= 11 is 2.02. The molecule has 2 aromatic carbocycles. The van der Waals surface area contributed by atoms with Gasteiger partial charge in [0.25, 0.3) is 11.8 Å². The van der Waals surface area contributed by atoms with Crippen LogP contribution in [0.15, 0.2) is 79.4 Å². The molecule has 2 aliphatic heterocycles. The van der Waals surface area contributed by atoms with E-state index in [1.807, 2.05) is 30.0 Å². The van der Waals surface area contributed by atoms with Gasteiger partial charge in [0, 0.05) is 75.3 Å². The third-order valence-corrected chi connectivity index (χ3v) is 11.5. The van der Waals surface area contributed by atoms with E-state index in [0.29, 0.717) is 42.6 Å². The Morgan fingerprint density at radius 3 is 2.36 bits per heavy atom. The number of morpholine rings is 1. The summed E-state index contributed by atoms with van der Waals surface area (Å²) in [7, 11) is 0. The van der Waals surface area contributed by atoms with Crippen molar-refractivity contribution in [3.8, 4) is 22.8 Å². The van der Waals surface area contributed by atoms with Crippen LogP contribution < -0.4 is 15.4 Å². The molecule has 0 spiro atoms. The highest BCUT2D eigenvalue weighted by atomic mass is 32.2. The number of rotatable bonds is 11. The molecule has 3 fully saturated rings. The number of thioether (sulfide) groups is 1. The molecule has 14 heteroatoms. The quantitative estimate of drug-likeness (QED) is 0.176. The van der Waals surface area contributed by atoms with Crippen LogP contribution in [0.1, 0.15) is 57.5 Å². The topological polar surface area (TPSA) is 126 Å². The van der Waals surface area contributed by atoms with Gasteiger partial charge in [-0.25, -0.2) is 18.9 Å². The van der Waals surface area contributed by atoms with Gasteiger partial charge in [-0.05, 0) is 72.2 Å². The number of nitrogens with one attached hydrogen (secondary N) is 2. The van der Waals surface area contributed by atoms with Crippen molar-refractivity contribution in [1.82, 2.24) is 40.0 Å². The maximum Gasteiger partial charge on any atom is 0.257 e. The van der Waals surface area contributed by atoms with E-state index in [-0.39, 0.29) is 29.4 Å². The highest BCUT2D eigenvalue weighted by molar-refractivity contribution is 7.99. The molecular formula is C41H45FN8O4S. The van der Waals surface area contributed by atoms with Gasteiger partial charge in [0.15, 0.2) is 5.65 Å². The molecule has 8 rings (SSSR count). The lowest BCUT2D eigenvalue weighted by atomic mass is 9.91. The Morgan fingerprint density at radius 2 is 1.58 bits per heavy atom. The maximum absolute atomic E-state index is 14.6. The van der Waals surface area contributed by atoms with Gasteiger partial charge in [0.05, 0.1) is 25.6 Å². The molecule has 5 aromatic rings. The lowest BCUT2D eigenvalue weighted by molar-refractivity contribution is 0.0342. The first kappa shape index (κ1) is 37.1. The van der Waals surface area contributed by atoms with Gasteiger partial charge in [-0.15, -0.1) is 0 Å². The van der Waals surface area contributed by atoms with Crippen molar-refractivity contribution >= 4 is 29.2 Å². The second-order valence-corrected chi connectivity index (χ2v) is 15.6. The van der Waals surface area contributed by atoms with E-state index in [2.05, 4.69) is 59.8 Å². The van der Waals surface area contributed by atoms with Crippen LogP contribution in [0.2, 0.25) is 0 Å². The fraction of sp³-hybridized carbons (Fsp3) is 0.390. The van der Waals surface area contributed by atoms with E-state index in [1.165, 1.54) is 28.8 Å². The van der Waals surface area contributed by atoms with Crippen LogP contribution in [0.4, 0.5) is 4.39 Å². The predicted octanol–water partition coefficient (Wildman–Crippen LogP) is 5.57. The maximum atomic E-state index is 14.6. The number of fused-ring (bicyclic) bond motifs is 1. The zero-order valence-corrected chi connectivity index (χ0v) is 31.5. The van der Waals surface area contributed by atoms with Crippen LogP contribution in [0.25, 0.3) is 16.8 Å². The molecular weight excluding hydrogens is 720 g/mol. The molecule has 0 unspecified atom stereocenters.